The van der Waals surface area contributed by atoms with E-state index >= 15 is 0 Å². The molecule has 1 aromatic heterocycles. The van der Waals surface area contributed by atoms with Crippen molar-refractivity contribution in [3.05, 3.63) is 59.2 Å². The van der Waals surface area contributed by atoms with Gasteiger partial charge in [0.05, 0.1) is 28.5 Å². The lowest BCUT2D eigenvalue weighted by Gasteiger charge is -2.32. The number of piperazine rings is 1. The van der Waals surface area contributed by atoms with Crippen LogP contribution in [0.3, 0.4) is 0 Å². The molecular formula is C22H22N4O4S. The van der Waals surface area contributed by atoms with Crippen LogP contribution in [0.4, 0.5) is 5.13 Å². The third-order valence-electron chi connectivity index (χ3n) is 5.22. The standard InChI is InChI=1S/C22H22N4O4S/c1-25-9-11-26(12-10-25)20(28)14-7-8-17-18(13-14)31-22(23-17)24-19(27)15-5-3-4-6-16(15)21(29)30-2/h3-8,13H,9-12H2,1-2H3,(H,23,24,27). The van der Waals surface area contributed by atoms with Crippen LogP contribution in [0.15, 0.2) is 42.5 Å². The molecule has 1 N–H and O–H groups in total. The number of hydrogen-bond donors (Lipinski definition) is 1. The van der Waals surface area contributed by atoms with E-state index in [1.165, 1.54) is 24.5 Å². The summed E-state index contributed by atoms with van der Waals surface area (Å²) in [6, 6.07) is 11.8. The van der Waals surface area contributed by atoms with E-state index in [2.05, 4.69) is 15.2 Å². The molecule has 1 fully saturated rings. The molecule has 9 heteroatoms. The fraction of sp³-hybridized carbons (Fsp3) is 0.273. The number of esters is 1. The Kier molecular flexibility index (Phi) is 5.97. The van der Waals surface area contributed by atoms with E-state index in [1.54, 1.807) is 30.3 Å². The Bertz CT molecular complexity index is 1150. The molecule has 2 amide bonds. The minimum Gasteiger partial charge on any atom is -0.465 e. The monoisotopic (exact) mass is 438 g/mol. The topological polar surface area (TPSA) is 91.8 Å². The molecule has 0 radical (unpaired) electrons. The predicted molar refractivity (Wildman–Crippen MR) is 119 cm³/mol. The molecule has 2 heterocycles. The van der Waals surface area contributed by atoms with E-state index in [4.69, 9.17) is 4.74 Å². The normalized spacial score (nSPS) is 14.5. The van der Waals surface area contributed by atoms with Crippen LogP contribution in [0.25, 0.3) is 10.2 Å². The first-order valence-electron chi connectivity index (χ1n) is 9.83. The lowest BCUT2D eigenvalue weighted by molar-refractivity contribution is 0.0596. The highest BCUT2D eigenvalue weighted by atomic mass is 32.1. The predicted octanol–water partition coefficient (Wildman–Crippen LogP) is 2.72. The Morgan fingerprint density at radius 2 is 1.74 bits per heavy atom. The lowest BCUT2D eigenvalue weighted by Crippen LogP contribution is -2.47. The number of amides is 2. The van der Waals surface area contributed by atoms with Gasteiger partial charge in [0.15, 0.2) is 5.13 Å². The van der Waals surface area contributed by atoms with Crippen molar-refractivity contribution in [2.75, 3.05) is 45.7 Å². The van der Waals surface area contributed by atoms with Crippen LogP contribution >= 0.6 is 11.3 Å². The number of nitrogens with one attached hydrogen (secondary N) is 1. The van der Waals surface area contributed by atoms with Gasteiger partial charge in [-0.15, -0.1) is 0 Å². The number of ether oxygens (including phenoxy) is 1. The largest absolute Gasteiger partial charge is 0.465 e. The van der Waals surface area contributed by atoms with Crippen LogP contribution in [0.5, 0.6) is 0 Å². The summed E-state index contributed by atoms with van der Waals surface area (Å²) in [7, 11) is 3.32. The quantitative estimate of drug-likeness (QED) is 0.630. The second-order valence-corrected chi connectivity index (χ2v) is 8.32. The number of fused-ring (bicyclic) bond motifs is 1. The molecule has 1 aliphatic rings. The molecule has 4 rings (SSSR count). The molecule has 1 aliphatic heterocycles. The van der Waals surface area contributed by atoms with Crippen molar-refractivity contribution in [3.63, 3.8) is 0 Å². The molecule has 0 atom stereocenters. The van der Waals surface area contributed by atoms with E-state index in [0.717, 1.165) is 17.8 Å². The number of nitrogens with zero attached hydrogens (tertiary/aromatic N) is 3. The zero-order chi connectivity index (χ0) is 22.0. The molecule has 1 saturated heterocycles. The molecule has 0 spiro atoms. The summed E-state index contributed by atoms with van der Waals surface area (Å²) in [6.07, 6.45) is 0. The Hall–Kier alpha value is -3.30. The lowest BCUT2D eigenvalue weighted by atomic mass is 10.1. The third kappa shape index (κ3) is 4.42. The molecule has 3 aromatic rings. The molecule has 160 valence electrons. The number of carbonyl (C=O) groups excluding carboxylic acids is 3. The van der Waals surface area contributed by atoms with Gasteiger partial charge in [-0.1, -0.05) is 23.5 Å². The Balaban J connectivity index is 1.53. The van der Waals surface area contributed by atoms with Crippen LogP contribution in [-0.2, 0) is 4.74 Å². The number of likely N-dealkylation sites (N-methyl/N-ethyl adjacent to an activating group) is 1. The molecule has 8 nitrogen and oxygen atoms in total. The number of carbonyl (C=O) groups is 3. The Labute approximate surface area is 183 Å². The summed E-state index contributed by atoms with van der Waals surface area (Å²) in [5.74, 6) is -1.03. The van der Waals surface area contributed by atoms with Crippen molar-refractivity contribution < 1.29 is 19.1 Å². The zero-order valence-corrected chi connectivity index (χ0v) is 18.1. The van der Waals surface area contributed by atoms with Crippen LogP contribution in [0.1, 0.15) is 31.1 Å². The smallest absolute Gasteiger partial charge is 0.338 e. The summed E-state index contributed by atoms with van der Waals surface area (Å²) in [5.41, 5.74) is 1.69. The van der Waals surface area contributed by atoms with Crippen molar-refractivity contribution in [2.45, 2.75) is 0 Å². The van der Waals surface area contributed by atoms with Gasteiger partial charge < -0.3 is 14.5 Å². The molecule has 0 unspecified atom stereocenters. The second kappa shape index (κ2) is 8.83. The van der Waals surface area contributed by atoms with Gasteiger partial charge in [-0.25, -0.2) is 9.78 Å². The van der Waals surface area contributed by atoms with Gasteiger partial charge in [0, 0.05) is 31.7 Å². The molecule has 2 aromatic carbocycles. The average Bonchev–Trinajstić information content (AvgIpc) is 3.20. The van der Waals surface area contributed by atoms with Crippen LogP contribution < -0.4 is 5.32 Å². The highest BCUT2D eigenvalue weighted by Crippen LogP contribution is 2.28. The fourth-order valence-electron chi connectivity index (χ4n) is 3.44. The molecule has 0 aliphatic carbocycles. The van der Waals surface area contributed by atoms with Crippen molar-refractivity contribution in [1.29, 1.82) is 0 Å². The summed E-state index contributed by atoms with van der Waals surface area (Å²) in [4.78, 5) is 46.0. The third-order valence-corrected chi connectivity index (χ3v) is 6.16. The van der Waals surface area contributed by atoms with Crippen molar-refractivity contribution >= 4 is 44.5 Å². The van der Waals surface area contributed by atoms with Gasteiger partial charge in [0.2, 0.25) is 0 Å². The number of aromatic nitrogens is 1. The van der Waals surface area contributed by atoms with E-state index in [9.17, 15) is 14.4 Å². The van der Waals surface area contributed by atoms with Crippen LogP contribution in [0, 0.1) is 0 Å². The average molecular weight is 439 g/mol. The van der Waals surface area contributed by atoms with Gasteiger partial charge in [-0.3, -0.25) is 14.9 Å². The summed E-state index contributed by atoms with van der Waals surface area (Å²) >= 11 is 1.28. The number of methoxy groups -OCH3 is 1. The molecular weight excluding hydrogens is 416 g/mol. The van der Waals surface area contributed by atoms with Crippen molar-refractivity contribution in [1.82, 2.24) is 14.8 Å². The van der Waals surface area contributed by atoms with Crippen LogP contribution in [0.2, 0.25) is 0 Å². The molecule has 31 heavy (non-hydrogen) atoms. The Morgan fingerprint density at radius 1 is 1.03 bits per heavy atom. The zero-order valence-electron chi connectivity index (χ0n) is 17.3. The summed E-state index contributed by atoms with van der Waals surface area (Å²) in [6.45, 7) is 3.13. The molecule has 0 saturated carbocycles. The van der Waals surface area contributed by atoms with Gasteiger partial charge >= 0.3 is 5.97 Å². The maximum Gasteiger partial charge on any atom is 0.338 e. The highest BCUT2D eigenvalue weighted by Gasteiger charge is 2.22. The van der Waals surface area contributed by atoms with Gasteiger partial charge in [0.25, 0.3) is 11.8 Å². The maximum atomic E-state index is 12.8. The second-order valence-electron chi connectivity index (χ2n) is 7.29. The summed E-state index contributed by atoms with van der Waals surface area (Å²) in [5, 5.41) is 3.14. The SMILES string of the molecule is COC(=O)c1ccccc1C(=O)Nc1nc2ccc(C(=O)N3CCN(C)CC3)cc2s1. The van der Waals surface area contributed by atoms with Gasteiger partial charge in [-0.2, -0.15) is 0 Å². The number of rotatable bonds is 4. The van der Waals surface area contributed by atoms with Crippen LogP contribution in [-0.4, -0.2) is 72.9 Å². The number of benzene rings is 2. The maximum absolute atomic E-state index is 12.8. The first kappa shape index (κ1) is 21.0. The van der Waals surface area contributed by atoms with Crippen molar-refractivity contribution in [3.8, 4) is 0 Å². The summed E-state index contributed by atoms with van der Waals surface area (Å²) < 4.78 is 5.55. The van der Waals surface area contributed by atoms with E-state index in [1.807, 2.05) is 18.0 Å². The van der Waals surface area contributed by atoms with E-state index < -0.39 is 11.9 Å². The van der Waals surface area contributed by atoms with Gasteiger partial charge in [0.1, 0.15) is 0 Å². The number of thiazole rings is 1. The number of anilines is 1. The fourth-order valence-corrected chi connectivity index (χ4v) is 4.34. The minimum atomic E-state index is -0.581. The Morgan fingerprint density at radius 3 is 2.45 bits per heavy atom. The highest BCUT2D eigenvalue weighted by molar-refractivity contribution is 7.22. The minimum absolute atomic E-state index is 0.000918. The van der Waals surface area contributed by atoms with Gasteiger partial charge in [-0.05, 0) is 37.4 Å². The van der Waals surface area contributed by atoms with E-state index in [0.29, 0.717) is 29.3 Å². The molecule has 0 bridgehead atoms. The number of hydrogen-bond acceptors (Lipinski definition) is 7. The van der Waals surface area contributed by atoms with E-state index in [-0.39, 0.29) is 17.0 Å². The first-order chi connectivity index (χ1) is 15.0. The van der Waals surface area contributed by atoms with Crippen molar-refractivity contribution in [2.24, 2.45) is 0 Å². The first-order valence-corrected chi connectivity index (χ1v) is 10.6.